The summed E-state index contributed by atoms with van der Waals surface area (Å²) in [6, 6.07) is 22.6. The summed E-state index contributed by atoms with van der Waals surface area (Å²) in [6.07, 6.45) is -0.232. The van der Waals surface area contributed by atoms with Crippen molar-refractivity contribution in [3.8, 4) is 0 Å². The molecule has 0 aliphatic carbocycles. The molecular formula is C29H33F2NO2Si. The first-order valence-electron chi connectivity index (χ1n) is 12.1. The third-order valence-electron chi connectivity index (χ3n) is 6.06. The molecule has 2 radical (unpaired) electrons. The standard InChI is InChI=1S/C29H33F2NO2Si/c1-20-18-32(19-21(2)33-20)27-24(16-17-25(30)26(27)31)29(34-35-28(3,4)5,22-12-8-6-9-13-22)23-14-10-7-11-15-23/h6-17,20-21H,18-19H2,1-5H3/t20-,21+. The van der Waals surface area contributed by atoms with Crippen LogP contribution in [-0.2, 0) is 14.8 Å². The minimum atomic E-state index is -1.14. The van der Waals surface area contributed by atoms with Crippen LogP contribution >= 0.6 is 0 Å². The number of morpholine rings is 1. The molecule has 1 fully saturated rings. The van der Waals surface area contributed by atoms with E-state index in [1.807, 2.05) is 79.4 Å². The molecule has 0 spiro atoms. The first kappa shape index (κ1) is 25.5. The summed E-state index contributed by atoms with van der Waals surface area (Å²) in [7, 11) is 0.0998. The monoisotopic (exact) mass is 493 g/mol. The lowest BCUT2D eigenvalue weighted by Gasteiger charge is -2.43. The van der Waals surface area contributed by atoms with Gasteiger partial charge in [-0.05, 0) is 36.1 Å². The first-order valence-corrected chi connectivity index (χ1v) is 13.0. The molecule has 0 aromatic heterocycles. The zero-order chi connectivity index (χ0) is 25.2. The average Bonchev–Trinajstić information content (AvgIpc) is 2.82. The molecule has 3 nitrogen and oxygen atoms in total. The van der Waals surface area contributed by atoms with Crippen molar-refractivity contribution in [1.29, 1.82) is 0 Å². The fraction of sp³-hybridized carbons (Fsp3) is 0.379. The van der Waals surface area contributed by atoms with Crippen LogP contribution in [0.2, 0.25) is 5.04 Å². The first-order chi connectivity index (χ1) is 16.6. The van der Waals surface area contributed by atoms with Gasteiger partial charge in [0.15, 0.2) is 11.6 Å². The van der Waals surface area contributed by atoms with Crippen LogP contribution in [0.4, 0.5) is 14.5 Å². The molecule has 0 N–H and O–H groups in total. The number of benzene rings is 3. The number of rotatable bonds is 6. The van der Waals surface area contributed by atoms with E-state index in [4.69, 9.17) is 9.16 Å². The Kier molecular flexibility index (Phi) is 7.45. The van der Waals surface area contributed by atoms with Gasteiger partial charge in [0.25, 0.3) is 0 Å². The molecule has 0 saturated carbocycles. The van der Waals surface area contributed by atoms with E-state index in [1.165, 1.54) is 6.07 Å². The van der Waals surface area contributed by atoms with Crippen LogP contribution in [0, 0.1) is 11.6 Å². The minimum absolute atomic E-state index is 0.0998. The van der Waals surface area contributed by atoms with Crippen molar-refractivity contribution in [3.63, 3.8) is 0 Å². The van der Waals surface area contributed by atoms with Gasteiger partial charge in [-0.15, -0.1) is 0 Å². The van der Waals surface area contributed by atoms with Gasteiger partial charge in [0.1, 0.15) is 5.60 Å². The zero-order valence-corrected chi connectivity index (χ0v) is 22.0. The highest BCUT2D eigenvalue weighted by Gasteiger charge is 2.43. The second-order valence-electron chi connectivity index (χ2n) is 10.3. The van der Waals surface area contributed by atoms with Crippen LogP contribution in [0.15, 0.2) is 72.8 Å². The Hall–Kier alpha value is -2.54. The predicted molar refractivity (Wildman–Crippen MR) is 138 cm³/mol. The van der Waals surface area contributed by atoms with Gasteiger partial charge in [-0.2, -0.15) is 0 Å². The van der Waals surface area contributed by atoms with Crippen molar-refractivity contribution in [1.82, 2.24) is 0 Å². The van der Waals surface area contributed by atoms with Crippen molar-refractivity contribution in [2.75, 3.05) is 18.0 Å². The molecule has 1 saturated heterocycles. The van der Waals surface area contributed by atoms with Crippen LogP contribution in [0.1, 0.15) is 51.3 Å². The minimum Gasteiger partial charge on any atom is -0.400 e. The van der Waals surface area contributed by atoms with Crippen LogP contribution in [0.5, 0.6) is 0 Å². The lowest BCUT2D eigenvalue weighted by atomic mass is 9.79. The van der Waals surface area contributed by atoms with Crippen molar-refractivity contribution in [3.05, 3.63) is 101 Å². The van der Waals surface area contributed by atoms with E-state index >= 15 is 4.39 Å². The SMILES string of the molecule is C[C@@H]1CN(c2c(C(O[Si]C(C)(C)C)(c3ccccc3)c3ccccc3)ccc(F)c2F)C[C@H](C)O1. The Labute approximate surface area is 210 Å². The zero-order valence-electron chi connectivity index (χ0n) is 21.0. The van der Waals surface area contributed by atoms with E-state index in [1.54, 1.807) is 6.07 Å². The Morgan fingerprint density at radius 2 is 1.34 bits per heavy atom. The van der Waals surface area contributed by atoms with E-state index in [-0.39, 0.29) is 32.7 Å². The van der Waals surface area contributed by atoms with Crippen molar-refractivity contribution >= 4 is 15.5 Å². The quantitative estimate of drug-likeness (QED) is 0.281. The Morgan fingerprint density at radius 3 is 1.83 bits per heavy atom. The molecule has 3 aromatic rings. The number of hydrogen-bond acceptors (Lipinski definition) is 3. The van der Waals surface area contributed by atoms with Gasteiger partial charge in [-0.3, -0.25) is 0 Å². The van der Waals surface area contributed by atoms with Crippen LogP contribution in [0.3, 0.4) is 0 Å². The molecule has 0 amide bonds. The molecule has 1 aliphatic heterocycles. The normalized spacial score (nSPS) is 19.1. The second-order valence-corrected chi connectivity index (χ2v) is 12.2. The van der Waals surface area contributed by atoms with Crippen LogP contribution in [0.25, 0.3) is 0 Å². The Balaban J connectivity index is 2.04. The van der Waals surface area contributed by atoms with E-state index in [9.17, 15) is 4.39 Å². The fourth-order valence-corrected chi connectivity index (χ4v) is 5.52. The van der Waals surface area contributed by atoms with Gasteiger partial charge in [0.2, 0.25) is 9.76 Å². The number of halogens is 2. The van der Waals surface area contributed by atoms with Gasteiger partial charge in [-0.25, -0.2) is 8.78 Å². The molecule has 0 bridgehead atoms. The highest BCUT2D eigenvalue weighted by Crippen LogP contribution is 2.47. The Morgan fingerprint density at radius 1 is 0.829 bits per heavy atom. The highest BCUT2D eigenvalue weighted by molar-refractivity contribution is 6.32. The second kappa shape index (κ2) is 10.2. The molecule has 2 atom stereocenters. The number of nitrogens with zero attached hydrogens (tertiary/aromatic N) is 1. The summed E-state index contributed by atoms with van der Waals surface area (Å²) < 4.78 is 43.5. The van der Waals surface area contributed by atoms with Crippen LogP contribution < -0.4 is 4.90 Å². The van der Waals surface area contributed by atoms with E-state index < -0.39 is 17.2 Å². The van der Waals surface area contributed by atoms with Gasteiger partial charge < -0.3 is 14.1 Å². The smallest absolute Gasteiger partial charge is 0.237 e. The van der Waals surface area contributed by atoms with Crippen molar-refractivity contribution in [2.45, 2.75) is 57.5 Å². The third kappa shape index (κ3) is 5.35. The Bertz CT molecular complexity index is 1090. The molecule has 35 heavy (non-hydrogen) atoms. The molecule has 4 rings (SSSR count). The van der Waals surface area contributed by atoms with Crippen LogP contribution in [-0.4, -0.2) is 35.1 Å². The molecule has 184 valence electrons. The maximum Gasteiger partial charge on any atom is 0.237 e. The predicted octanol–water partition coefficient (Wildman–Crippen LogP) is 6.72. The topological polar surface area (TPSA) is 21.7 Å². The summed E-state index contributed by atoms with van der Waals surface area (Å²) in [5.41, 5.74) is 1.42. The molecule has 3 aromatic carbocycles. The molecule has 1 aliphatic rings. The lowest BCUT2D eigenvalue weighted by molar-refractivity contribution is -0.00566. The number of hydrogen-bond donors (Lipinski definition) is 0. The fourth-order valence-electron chi connectivity index (χ4n) is 4.72. The summed E-state index contributed by atoms with van der Waals surface area (Å²) in [6.45, 7) is 11.2. The van der Waals surface area contributed by atoms with Crippen molar-refractivity contribution < 1.29 is 17.9 Å². The summed E-state index contributed by atoms with van der Waals surface area (Å²) in [5, 5.41) is -0.129. The third-order valence-corrected chi connectivity index (χ3v) is 7.08. The lowest BCUT2D eigenvalue weighted by Crippen LogP contribution is -2.47. The van der Waals surface area contributed by atoms with Gasteiger partial charge in [0, 0.05) is 18.7 Å². The van der Waals surface area contributed by atoms with Gasteiger partial charge in [0.05, 0.1) is 17.9 Å². The number of anilines is 1. The van der Waals surface area contributed by atoms with E-state index in [2.05, 4.69) is 20.8 Å². The summed E-state index contributed by atoms with van der Waals surface area (Å²) in [4.78, 5) is 1.91. The maximum absolute atomic E-state index is 15.8. The van der Waals surface area contributed by atoms with Gasteiger partial charge in [-0.1, -0.05) is 87.5 Å². The largest absolute Gasteiger partial charge is 0.400 e. The van der Waals surface area contributed by atoms with Gasteiger partial charge >= 0.3 is 0 Å². The molecule has 0 unspecified atom stereocenters. The summed E-state index contributed by atoms with van der Waals surface area (Å²) in [5.74, 6) is -1.73. The molecule has 6 heteroatoms. The van der Waals surface area contributed by atoms with E-state index in [0.717, 1.165) is 11.1 Å². The summed E-state index contributed by atoms with van der Waals surface area (Å²) >= 11 is 0. The van der Waals surface area contributed by atoms with Crippen molar-refractivity contribution in [2.24, 2.45) is 0 Å². The van der Waals surface area contributed by atoms with E-state index in [0.29, 0.717) is 18.7 Å². The maximum atomic E-state index is 15.8. The highest BCUT2D eigenvalue weighted by atomic mass is 28.2. The average molecular weight is 494 g/mol. The molecule has 1 heterocycles. The molecular weight excluding hydrogens is 460 g/mol. The number of ether oxygens (including phenoxy) is 1.